The Bertz CT molecular complexity index is 711. The zero-order chi connectivity index (χ0) is 18.6. The van der Waals surface area contributed by atoms with Gasteiger partial charge >= 0.3 is 0 Å². The first-order valence-electron chi connectivity index (χ1n) is 9.52. The summed E-state index contributed by atoms with van der Waals surface area (Å²) in [7, 11) is 0. The van der Waals surface area contributed by atoms with Gasteiger partial charge in [0, 0.05) is 24.6 Å². The number of hydrogen-bond donors (Lipinski definition) is 2. The molecular weight excluding hydrogens is 334 g/mol. The van der Waals surface area contributed by atoms with Crippen molar-refractivity contribution in [3.8, 4) is 0 Å². The van der Waals surface area contributed by atoms with Gasteiger partial charge in [0.1, 0.15) is 17.7 Å². The summed E-state index contributed by atoms with van der Waals surface area (Å²) in [6, 6.07) is 1.16. The molecule has 1 aromatic rings. The molecule has 1 aliphatic heterocycles. The minimum Gasteiger partial charge on any atom is -0.391 e. The lowest BCUT2D eigenvalue weighted by molar-refractivity contribution is -0.145. The second-order valence-corrected chi connectivity index (χ2v) is 8.74. The van der Waals surface area contributed by atoms with E-state index in [4.69, 9.17) is 4.52 Å². The van der Waals surface area contributed by atoms with Crippen molar-refractivity contribution in [1.29, 1.82) is 0 Å². The molecule has 142 valence electrons. The van der Waals surface area contributed by atoms with E-state index in [1.165, 1.54) is 4.90 Å². The van der Waals surface area contributed by atoms with Gasteiger partial charge in [-0.2, -0.15) is 0 Å². The molecule has 2 heterocycles. The predicted molar refractivity (Wildman–Crippen MR) is 93.2 cm³/mol. The second-order valence-electron chi connectivity index (χ2n) is 8.74. The van der Waals surface area contributed by atoms with Crippen LogP contribution in [-0.4, -0.2) is 51.2 Å². The summed E-state index contributed by atoms with van der Waals surface area (Å²) < 4.78 is 5.34. The summed E-state index contributed by atoms with van der Waals surface area (Å²) >= 11 is 0. The molecule has 1 aromatic heterocycles. The van der Waals surface area contributed by atoms with Crippen molar-refractivity contribution < 1.29 is 19.2 Å². The number of rotatable bonds is 5. The number of aliphatic hydroxyl groups is 1. The predicted octanol–water partition coefficient (Wildman–Crippen LogP) is 1.35. The van der Waals surface area contributed by atoms with E-state index in [1.807, 2.05) is 20.8 Å². The third-order valence-corrected chi connectivity index (χ3v) is 6.18. The third kappa shape index (κ3) is 2.82. The normalized spacial score (nSPS) is 33.6. The number of likely N-dealkylation sites (tertiary alicyclic amines) is 1. The maximum absolute atomic E-state index is 13.3. The second kappa shape index (κ2) is 6.08. The fraction of sp³-hybridized carbons (Fsp3) is 0.737. The first-order valence-corrected chi connectivity index (χ1v) is 9.52. The zero-order valence-electron chi connectivity index (χ0n) is 15.6. The number of carbonyl (C=O) groups is 2. The smallest absolute Gasteiger partial charge is 0.243 e. The first kappa shape index (κ1) is 17.5. The highest BCUT2D eigenvalue weighted by Gasteiger charge is 2.58. The van der Waals surface area contributed by atoms with Crippen molar-refractivity contribution in [2.45, 2.75) is 70.1 Å². The van der Waals surface area contributed by atoms with Gasteiger partial charge in [0.2, 0.25) is 11.8 Å². The molecule has 4 aliphatic rings. The van der Waals surface area contributed by atoms with Crippen LogP contribution in [0, 0.1) is 18.8 Å². The number of carbonyl (C=O) groups excluding carboxylic acids is 2. The molecule has 0 aromatic carbocycles. The lowest BCUT2D eigenvalue weighted by Crippen LogP contribution is -2.69. The third-order valence-electron chi connectivity index (χ3n) is 6.18. The fourth-order valence-corrected chi connectivity index (χ4v) is 4.73. The number of aryl methyl sites for hydroxylation is 1. The van der Waals surface area contributed by atoms with E-state index in [2.05, 4.69) is 10.5 Å². The van der Waals surface area contributed by atoms with Gasteiger partial charge in [0.15, 0.2) is 0 Å². The highest BCUT2D eigenvalue weighted by Crippen LogP contribution is 2.57. The van der Waals surface area contributed by atoms with Crippen molar-refractivity contribution >= 4 is 11.8 Å². The average Bonchev–Trinajstić information content (AvgIpc) is 3.07. The quantitative estimate of drug-likeness (QED) is 0.825. The maximum atomic E-state index is 13.3. The van der Waals surface area contributed by atoms with E-state index in [9.17, 15) is 14.7 Å². The Morgan fingerprint density at radius 1 is 1.38 bits per heavy atom. The summed E-state index contributed by atoms with van der Waals surface area (Å²) in [5.41, 5.74) is 0.682. The van der Waals surface area contributed by atoms with Crippen LogP contribution in [0.3, 0.4) is 0 Å². The number of aromatic nitrogens is 1. The molecule has 5 rings (SSSR count). The zero-order valence-corrected chi connectivity index (χ0v) is 15.6. The lowest BCUT2D eigenvalue weighted by Gasteiger charge is -2.62. The molecule has 7 heteroatoms. The van der Waals surface area contributed by atoms with Gasteiger partial charge < -0.3 is 19.8 Å². The number of hydrogen-bond acceptors (Lipinski definition) is 5. The van der Waals surface area contributed by atoms with Crippen LogP contribution in [0.5, 0.6) is 0 Å². The SMILES string of the molecule is Cc1cc([C@H](C(=O)N2C[C@H](O)C[C@H]2C(=O)NC23CC(C2)C3)C(C)C)on1. The Kier molecular flexibility index (Phi) is 4.10. The summed E-state index contributed by atoms with van der Waals surface area (Å²) in [6.07, 6.45) is 2.76. The lowest BCUT2D eigenvalue weighted by atomic mass is 9.50. The first-order chi connectivity index (χ1) is 12.3. The monoisotopic (exact) mass is 361 g/mol. The van der Waals surface area contributed by atoms with E-state index in [0.717, 1.165) is 30.9 Å². The molecule has 2 N–H and O–H groups in total. The number of aliphatic hydroxyl groups excluding tert-OH is 1. The fourth-order valence-electron chi connectivity index (χ4n) is 4.73. The number of nitrogens with one attached hydrogen (secondary N) is 1. The van der Waals surface area contributed by atoms with Crippen LogP contribution < -0.4 is 5.32 Å². The van der Waals surface area contributed by atoms with Gasteiger partial charge in [-0.05, 0) is 38.0 Å². The number of nitrogens with zero attached hydrogens (tertiary/aromatic N) is 2. The minimum absolute atomic E-state index is 0.00563. The van der Waals surface area contributed by atoms with E-state index in [1.54, 1.807) is 6.07 Å². The van der Waals surface area contributed by atoms with Gasteiger partial charge in [0.05, 0.1) is 11.8 Å². The molecule has 0 spiro atoms. The Balaban J connectivity index is 1.52. The van der Waals surface area contributed by atoms with E-state index in [-0.39, 0.29) is 36.2 Å². The molecule has 26 heavy (non-hydrogen) atoms. The largest absolute Gasteiger partial charge is 0.391 e. The van der Waals surface area contributed by atoms with Crippen molar-refractivity contribution in [3.05, 3.63) is 17.5 Å². The van der Waals surface area contributed by atoms with Crippen molar-refractivity contribution in [3.63, 3.8) is 0 Å². The summed E-state index contributed by atoms with van der Waals surface area (Å²) in [5, 5.41) is 17.2. The highest BCUT2D eigenvalue weighted by molar-refractivity contribution is 5.91. The van der Waals surface area contributed by atoms with Crippen molar-refractivity contribution in [2.24, 2.45) is 11.8 Å². The van der Waals surface area contributed by atoms with Gasteiger partial charge in [0.25, 0.3) is 0 Å². The Labute approximate surface area is 153 Å². The molecule has 3 saturated carbocycles. The Hall–Kier alpha value is -1.89. The number of β-amino-alcohol motifs (C(OH)–C–C–N with tert-alkyl or cyclic N) is 1. The van der Waals surface area contributed by atoms with Crippen molar-refractivity contribution in [1.82, 2.24) is 15.4 Å². The average molecular weight is 361 g/mol. The molecule has 0 radical (unpaired) electrons. The molecular formula is C19H27N3O4. The summed E-state index contributed by atoms with van der Waals surface area (Å²) in [5.74, 6) is 0.458. The molecule has 3 atom stereocenters. The van der Waals surface area contributed by atoms with Crippen LogP contribution >= 0.6 is 0 Å². The molecule has 4 fully saturated rings. The highest BCUT2D eigenvalue weighted by atomic mass is 16.5. The molecule has 0 unspecified atom stereocenters. The molecule has 2 bridgehead atoms. The van der Waals surface area contributed by atoms with Crippen LogP contribution in [0.2, 0.25) is 0 Å². The number of amides is 2. The van der Waals surface area contributed by atoms with Crippen molar-refractivity contribution in [2.75, 3.05) is 6.54 Å². The standard InChI is InChI=1S/C19H27N3O4/c1-10(2)16(15-4-11(3)21-26-15)18(25)22-9-13(23)5-14(22)17(24)20-19-6-12(7-19)8-19/h4,10,12-14,16,23H,5-9H2,1-3H3,(H,20,24)/t12?,13-,14+,16-,19?/m1/s1. The van der Waals surface area contributed by atoms with E-state index >= 15 is 0 Å². The van der Waals surface area contributed by atoms with Gasteiger partial charge in [-0.3, -0.25) is 9.59 Å². The van der Waals surface area contributed by atoms with Gasteiger partial charge in [-0.15, -0.1) is 0 Å². The minimum atomic E-state index is -0.674. The topological polar surface area (TPSA) is 95.7 Å². The van der Waals surface area contributed by atoms with Crippen LogP contribution in [0.4, 0.5) is 0 Å². The molecule has 2 amide bonds. The van der Waals surface area contributed by atoms with E-state index in [0.29, 0.717) is 5.76 Å². The van der Waals surface area contributed by atoms with Crippen LogP contribution in [-0.2, 0) is 9.59 Å². The van der Waals surface area contributed by atoms with E-state index < -0.39 is 18.1 Å². The summed E-state index contributed by atoms with van der Waals surface area (Å²) in [6.45, 7) is 5.89. The Morgan fingerprint density at radius 3 is 2.58 bits per heavy atom. The maximum Gasteiger partial charge on any atom is 0.243 e. The van der Waals surface area contributed by atoms with Gasteiger partial charge in [-0.1, -0.05) is 19.0 Å². The molecule has 7 nitrogen and oxygen atoms in total. The van der Waals surface area contributed by atoms with Crippen LogP contribution in [0.25, 0.3) is 0 Å². The summed E-state index contributed by atoms with van der Waals surface area (Å²) in [4.78, 5) is 27.6. The van der Waals surface area contributed by atoms with Gasteiger partial charge in [-0.25, -0.2) is 0 Å². The molecule has 3 aliphatic carbocycles. The Morgan fingerprint density at radius 2 is 2.08 bits per heavy atom. The molecule has 1 saturated heterocycles. The van der Waals surface area contributed by atoms with Crippen LogP contribution in [0.15, 0.2) is 10.6 Å². The van der Waals surface area contributed by atoms with Crippen LogP contribution in [0.1, 0.15) is 56.9 Å².